The number of fused-ring (bicyclic) bond motifs is 1. The van der Waals surface area contributed by atoms with Gasteiger partial charge in [-0.3, -0.25) is 9.59 Å². The highest BCUT2D eigenvalue weighted by molar-refractivity contribution is 5.81. The average Bonchev–Trinajstić information content (AvgIpc) is 2.65. The highest BCUT2D eigenvalue weighted by Gasteiger charge is 2.26. The molecule has 1 aliphatic carbocycles. The molecule has 0 aromatic heterocycles. The summed E-state index contributed by atoms with van der Waals surface area (Å²) < 4.78 is 0. The number of benzene rings is 1. The van der Waals surface area contributed by atoms with E-state index in [1.54, 1.807) is 4.90 Å². The molecule has 0 radical (unpaired) electrons. The fourth-order valence-electron chi connectivity index (χ4n) is 3.93. The van der Waals surface area contributed by atoms with Crippen LogP contribution >= 0.6 is 0 Å². The first kappa shape index (κ1) is 17.9. The molecule has 1 aromatic rings. The second-order valence-corrected chi connectivity index (χ2v) is 7.42. The maximum atomic E-state index is 12.4. The average molecular weight is 343 g/mol. The molecule has 1 fully saturated rings. The molecular formula is C20H29N3O2. The van der Waals surface area contributed by atoms with Crippen molar-refractivity contribution < 1.29 is 9.59 Å². The van der Waals surface area contributed by atoms with E-state index in [0.717, 1.165) is 25.8 Å². The fraction of sp³-hybridized carbons (Fsp3) is 0.600. The van der Waals surface area contributed by atoms with E-state index in [1.165, 1.54) is 36.0 Å². The van der Waals surface area contributed by atoms with Gasteiger partial charge in [-0.05, 0) is 62.1 Å². The van der Waals surface area contributed by atoms with Gasteiger partial charge in [0.2, 0.25) is 11.8 Å². The van der Waals surface area contributed by atoms with Crippen LogP contribution in [0.25, 0.3) is 0 Å². The van der Waals surface area contributed by atoms with Gasteiger partial charge in [0.05, 0.1) is 12.5 Å². The van der Waals surface area contributed by atoms with Crippen molar-refractivity contribution in [2.45, 2.75) is 51.5 Å². The second-order valence-electron chi connectivity index (χ2n) is 7.42. The Morgan fingerprint density at radius 3 is 2.76 bits per heavy atom. The monoisotopic (exact) mass is 343 g/mol. The summed E-state index contributed by atoms with van der Waals surface area (Å²) in [5, 5.41) is 3.34. The van der Waals surface area contributed by atoms with Crippen molar-refractivity contribution >= 4 is 11.8 Å². The zero-order valence-corrected chi connectivity index (χ0v) is 15.1. The van der Waals surface area contributed by atoms with Crippen LogP contribution in [0.1, 0.15) is 55.3 Å². The van der Waals surface area contributed by atoms with Crippen LogP contribution in [0.2, 0.25) is 0 Å². The summed E-state index contributed by atoms with van der Waals surface area (Å²) in [6.07, 6.45) is 6.55. The van der Waals surface area contributed by atoms with Crippen LogP contribution in [0.15, 0.2) is 18.2 Å². The third-order valence-electron chi connectivity index (χ3n) is 5.61. The number of hydrogen-bond acceptors (Lipinski definition) is 3. The molecule has 2 atom stereocenters. The van der Waals surface area contributed by atoms with E-state index in [9.17, 15) is 9.59 Å². The number of nitrogens with zero attached hydrogens (tertiary/aromatic N) is 1. The second kappa shape index (κ2) is 8.00. The highest BCUT2D eigenvalue weighted by atomic mass is 16.2. The SMILES string of the molecule is C[C@H](NCC(=O)N1CCC[C@@H](C(N)=O)C1)c1ccc2c(c1)CCCC2. The highest BCUT2D eigenvalue weighted by Crippen LogP contribution is 2.24. The number of amides is 2. The zero-order chi connectivity index (χ0) is 17.8. The van der Waals surface area contributed by atoms with E-state index in [2.05, 4.69) is 30.4 Å². The summed E-state index contributed by atoms with van der Waals surface area (Å²) in [5.74, 6) is -0.445. The minimum absolute atomic E-state index is 0.0516. The molecule has 3 rings (SSSR count). The Balaban J connectivity index is 1.54. The lowest BCUT2D eigenvalue weighted by atomic mass is 9.89. The number of nitrogens with two attached hydrogens (primary N) is 1. The normalized spacial score (nSPS) is 21.5. The van der Waals surface area contributed by atoms with Crippen molar-refractivity contribution in [3.05, 3.63) is 34.9 Å². The lowest BCUT2D eigenvalue weighted by Crippen LogP contribution is -2.47. The molecule has 5 heteroatoms. The minimum Gasteiger partial charge on any atom is -0.369 e. The Morgan fingerprint density at radius 1 is 1.24 bits per heavy atom. The van der Waals surface area contributed by atoms with Crippen molar-refractivity contribution in [2.75, 3.05) is 19.6 Å². The number of primary amides is 1. The molecule has 1 aliphatic heterocycles. The third-order valence-corrected chi connectivity index (χ3v) is 5.61. The summed E-state index contributed by atoms with van der Waals surface area (Å²) in [4.78, 5) is 25.6. The summed E-state index contributed by atoms with van der Waals surface area (Å²) in [5.41, 5.74) is 9.57. The Kier molecular flexibility index (Phi) is 5.74. The van der Waals surface area contributed by atoms with Crippen LogP contribution in [-0.4, -0.2) is 36.3 Å². The smallest absolute Gasteiger partial charge is 0.236 e. The Labute approximate surface area is 150 Å². The fourth-order valence-corrected chi connectivity index (χ4v) is 3.93. The molecule has 2 aliphatic rings. The van der Waals surface area contributed by atoms with Crippen LogP contribution in [0.5, 0.6) is 0 Å². The van der Waals surface area contributed by atoms with Crippen LogP contribution in [-0.2, 0) is 22.4 Å². The lowest BCUT2D eigenvalue weighted by Gasteiger charge is -2.31. The molecule has 5 nitrogen and oxygen atoms in total. The van der Waals surface area contributed by atoms with Gasteiger partial charge < -0.3 is 16.0 Å². The van der Waals surface area contributed by atoms with E-state index < -0.39 is 0 Å². The van der Waals surface area contributed by atoms with E-state index >= 15 is 0 Å². The predicted molar refractivity (Wildman–Crippen MR) is 98.0 cm³/mol. The number of likely N-dealkylation sites (tertiary alicyclic amines) is 1. The quantitative estimate of drug-likeness (QED) is 0.858. The third kappa shape index (κ3) is 4.40. The topological polar surface area (TPSA) is 75.4 Å². The van der Waals surface area contributed by atoms with Crippen molar-refractivity contribution in [1.29, 1.82) is 0 Å². The number of carbonyl (C=O) groups is 2. The summed E-state index contributed by atoms with van der Waals surface area (Å²) in [6, 6.07) is 6.84. The summed E-state index contributed by atoms with van der Waals surface area (Å²) in [7, 11) is 0. The van der Waals surface area contributed by atoms with Gasteiger partial charge in [0, 0.05) is 19.1 Å². The van der Waals surface area contributed by atoms with Gasteiger partial charge in [0.25, 0.3) is 0 Å². The molecule has 1 aromatic carbocycles. The van der Waals surface area contributed by atoms with Gasteiger partial charge in [0.15, 0.2) is 0 Å². The van der Waals surface area contributed by atoms with Crippen LogP contribution < -0.4 is 11.1 Å². The van der Waals surface area contributed by atoms with E-state index in [0.29, 0.717) is 13.1 Å². The van der Waals surface area contributed by atoms with Crippen molar-refractivity contribution in [1.82, 2.24) is 10.2 Å². The van der Waals surface area contributed by atoms with Gasteiger partial charge >= 0.3 is 0 Å². The van der Waals surface area contributed by atoms with E-state index in [-0.39, 0.29) is 23.8 Å². The maximum Gasteiger partial charge on any atom is 0.236 e. The first-order chi connectivity index (χ1) is 12.0. The van der Waals surface area contributed by atoms with Gasteiger partial charge in [0.1, 0.15) is 0 Å². The predicted octanol–water partition coefficient (Wildman–Crippen LogP) is 1.94. The standard InChI is InChI=1S/C20H29N3O2/c1-14(16-9-8-15-5-2-3-6-17(15)11-16)22-12-19(24)23-10-4-7-18(13-23)20(21)25/h8-9,11,14,18,22H,2-7,10,12-13H2,1H3,(H2,21,25)/t14-,18+/m0/s1. The molecule has 3 N–H and O–H groups in total. The molecule has 136 valence electrons. The van der Waals surface area contributed by atoms with Gasteiger partial charge in [-0.2, -0.15) is 0 Å². The number of hydrogen-bond donors (Lipinski definition) is 2. The molecule has 0 bridgehead atoms. The summed E-state index contributed by atoms with van der Waals surface area (Å²) in [6.45, 7) is 3.57. The molecule has 0 spiro atoms. The van der Waals surface area contributed by atoms with Crippen LogP contribution in [0.4, 0.5) is 0 Å². The molecule has 0 saturated carbocycles. The van der Waals surface area contributed by atoms with Crippen LogP contribution in [0.3, 0.4) is 0 Å². The number of nitrogens with one attached hydrogen (secondary N) is 1. The first-order valence-electron chi connectivity index (χ1n) is 9.47. The number of aryl methyl sites for hydroxylation is 2. The van der Waals surface area contributed by atoms with E-state index in [1.807, 2.05) is 0 Å². The lowest BCUT2D eigenvalue weighted by molar-refractivity contribution is -0.134. The Bertz CT molecular complexity index is 644. The zero-order valence-electron chi connectivity index (χ0n) is 15.1. The van der Waals surface area contributed by atoms with Crippen LogP contribution in [0, 0.1) is 5.92 Å². The first-order valence-corrected chi connectivity index (χ1v) is 9.47. The molecule has 2 amide bonds. The van der Waals surface area contributed by atoms with Gasteiger partial charge in [-0.15, -0.1) is 0 Å². The van der Waals surface area contributed by atoms with Gasteiger partial charge in [-0.25, -0.2) is 0 Å². The molecule has 1 saturated heterocycles. The molecule has 1 heterocycles. The molecule has 25 heavy (non-hydrogen) atoms. The minimum atomic E-state index is -0.298. The van der Waals surface area contributed by atoms with Crippen molar-refractivity contribution in [2.24, 2.45) is 11.7 Å². The number of piperidine rings is 1. The number of carbonyl (C=O) groups excluding carboxylic acids is 2. The largest absolute Gasteiger partial charge is 0.369 e. The summed E-state index contributed by atoms with van der Waals surface area (Å²) >= 11 is 0. The molecule has 0 unspecified atom stereocenters. The molecular weight excluding hydrogens is 314 g/mol. The van der Waals surface area contributed by atoms with Crippen molar-refractivity contribution in [3.63, 3.8) is 0 Å². The maximum absolute atomic E-state index is 12.4. The number of rotatable bonds is 5. The van der Waals surface area contributed by atoms with E-state index in [4.69, 9.17) is 5.73 Å². The van der Waals surface area contributed by atoms with Crippen molar-refractivity contribution in [3.8, 4) is 0 Å². The Morgan fingerprint density at radius 2 is 2.00 bits per heavy atom. The van der Waals surface area contributed by atoms with Gasteiger partial charge in [-0.1, -0.05) is 18.2 Å². The Hall–Kier alpha value is -1.88.